The van der Waals surface area contributed by atoms with E-state index in [1.165, 1.54) is 18.5 Å². The molecule has 2 rings (SSSR count). The summed E-state index contributed by atoms with van der Waals surface area (Å²) < 4.78 is 37.8. The summed E-state index contributed by atoms with van der Waals surface area (Å²) in [6.45, 7) is 0.468. The van der Waals surface area contributed by atoms with Crippen molar-refractivity contribution in [3.05, 3.63) is 30.1 Å². The molecule has 0 aromatic carbocycles. The minimum absolute atomic E-state index is 0.183. The molecule has 1 aliphatic carbocycles. The summed E-state index contributed by atoms with van der Waals surface area (Å²) in [5.41, 5.74) is 0.194. The third-order valence-corrected chi connectivity index (χ3v) is 3.31. The van der Waals surface area contributed by atoms with Gasteiger partial charge in [0.1, 0.15) is 6.54 Å². The van der Waals surface area contributed by atoms with Crippen LogP contribution in [0.2, 0.25) is 0 Å². The van der Waals surface area contributed by atoms with E-state index in [2.05, 4.69) is 4.98 Å². The van der Waals surface area contributed by atoms with E-state index in [1.54, 1.807) is 13.0 Å². The summed E-state index contributed by atoms with van der Waals surface area (Å²) in [7, 11) is 0. The van der Waals surface area contributed by atoms with Crippen LogP contribution >= 0.6 is 0 Å². The van der Waals surface area contributed by atoms with Gasteiger partial charge in [0.25, 0.3) is 5.91 Å². The van der Waals surface area contributed by atoms with Gasteiger partial charge in [-0.3, -0.25) is 9.78 Å². The van der Waals surface area contributed by atoms with Gasteiger partial charge < -0.3 is 4.90 Å². The predicted molar refractivity (Wildman–Crippen MR) is 63.5 cm³/mol. The SMILES string of the molecule is CC(C1CC1)N(CC(F)(F)F)C(=O)c1cccnc1. The average Bonchev–Trinajstić information content (AvgIpc) is 3.18. The zero-order chi connectivity index (χ0) is 14.0. The molecule has 6 heteroatoms. The molecule has 1 heterocycles. The molecule has 3 nitrogen and oxygen atoms in total. The highest BCUT2D eigenvalue weighted by atomic mass is 19.4. The Balaban J connectivity index is 2.19. The first kappa shape index (κ1) is 13.8. The van der Waals surface area contributed by atoms with Gasteiger partial charge in [-0.05, 0) is 37.8 Å². The third kappa shape index (κ3) is 3.68. The summed E-state index contributed by atoms with van der Waals surface area (Å²) in [5.74, 6) is -0.423. The molecule has 0 radical (unpaired) electrons. The molecule has 0 saturated heterocycles. The zero-order valence-corrected chi connectivity index (χ0v) is 10.5. The molecule has 0 bridgehead atoms. The number of carbonyl (C=O) groups is 1. The standard InChI is InChI=1S/C13H15F3N2O/c1-9(10-4-5-10)18(8-13(14,15)16)12(19)11-3-2-6-17-7-11/h2-3,6-7,9-10H,4-5,8H2,1H3. The molecule has 1 unspecified atom stereocenters. The number of nitrogens with zero attached hydrogens (tertiary/aromatic N) is 2. The minimum Gasteiger partial charge on any atom is -0.327 e. The highest BCUT2D eigenvalue weighted by molar-refractivity contribution is 5.94. The second-order valence-corrected chi connectivity index (χ2v) is 4.87. The Hall–Kier alpha value is -1.59. The molecule has 0 N–H and O–H groups in total. The van der Waals surface area contributed by atoms with Crippen molar-refractivity contribution in [1.82, 2.24) is 9.88 Å². The number of amides is 1. The number of alkyl halides is 3. The number of hydrogen-bond acceptors (Lipinski definition) is 2. The largest absolute Gasteiger partial charge is 0.406 e. The molecule has 1 amide bonds. The highest BCUT2D eigenvalue weighted by Crippen LogP contribution is 2.36. The maximum absolute atomic E-state index is 12.6. The van der Waals surface area contributed by atoms with Crippen LogP contribution in [0.1, 0.15) is 30.1 Å². The Labute approximate surface area is 109 Å². The van der Waals surface area contributed by atoms with Crippen LogP contribution in [0.3, 0.4) is 0 Å². The minimum atomic E-state index is -4.39. The van der Waals surface area contributed by atoms with E-state index in [0.717, 1.165) is 17.7 Å². The van der Waals surface area contributed by atoms with E-state index in [-0.39, 0.29) is 11.5 Å². The molecule has 1 atom stereocenters. The molecule has 1 fully saturated rings. The fourth-order valence-electron chi connectivity index (χ4n) is 2.08. The summed E-state index contributed by atoms with van der Waals surface area (Å²) >= 11 is 0. The first-order chi connectivity index (χ1) is 8.88. The number of pyridine rings is 1. The fourth-order valence-corrected chi connectivity index (χ4v) is 2.08. The van der Waals surface area contributed by atoms with Crippen LogP contribution in [0.4, 0.5) is 13.2 Å². The third-order valence-electron chi connectivity index (χ3n) is 3.31. The smallest absolute Gasteiger partial charge is 0.327 e. The van der Waals surface area contributed by atoms with Crippen LogP contribution in [-0.2, 0) is 0 Å². The summed E-state index contributed by atoms with van der Waals surface area (Å²) in [6.07, 6.45) is 0.160. The van der Waals surface area contributed by atoms with Gasteiger partial charge in [-0.1, -0.05) is 0 Å². The van der Waals surface area contributed by atoms with Gasteiger partial charge in [-0.25, -0.2) is 0 Å². The Morgan fingerprint density at radius 1 is 1.53 bits per heavy atom. The van der Waals surface area contributed by atoms with E-state index in [0.29, 0.717) is 0 Å². The van der Waals surface area contributed by atoms with Crippen LogP contribution in [0.15, 0.2) is 24.5 Å². The van der Waals surface area contributed by atoms with Crippen LogP contribution in [0, 0.1) is 5.92 Å². The monoisotopic (exact) mass is 272 g/mol. The Morgan fingerprint density at radius 3 is 2.68 bits per heavy atom. The summed E-state index contributed by atoms with van der Waals surface area (Å²) in [4.78, 5) is 16.9. The Bertz CT molecular complexity index is 443. The summed E-state index contributed by atoms with van der Waals surface area (Å²) in [5, 5.41) is 0. The Morgan fingerprint density at radius 2 is 2.21 bits per heavy atom. The predicted octanol–water partition coefficient (Wildman–Crippen LogP) is 2.88. The van der Waals surface area contributed by atoms with Crippen LogP contribution in [0.5, 0.6) is 0 Å². The molecule has 0 aliphatic heterocycles. The quantitative estimate of drug-likeness (QED) is 0.844. The maximum atomic E-state index is 12.6. The van der Waals surface area contributed by atoms with Crippen molar-refractivity contribution in [2.75, 3.05) is 6.54 Å². The topological polar surface area (TPSA) is 33.2 Å². The molecular formula is C13H15F3N2O. The van der Waals surface area contributed by atoms with E-state index in [9.17, 15) is 18.0 Å². The first-order valence-electron chi connectivity index (χ1n) is 6.16. The van der Waals surface area contributed by atoms with Gasteiger partial charge in [0.05, 0.1) is 5.56 Å². The van der Waals surface area contributed by atoms with Crippen molar-refractivity contribution in [2.45, 2.75) is 32.0 Å². The average molecular weight is 272 g/mol. The molecule has 19 heavy (non-hydrogen) atoms. The molecule has 1 saturated carbocycles. The summed E-state index contributed by atoms with van der Waals surface area (Å²) in [6, 6.07) is 2.63. The van der Waals surface area contributed by atoms with Crippen LogP contribution < -0.4 is 0 Å². The lowest BCUT2D eigenvalue weighted by atomic mass is 10.1. The zero-order valence-electron chi connectivity index (χ0n) is 10.5. The highest BCUT2D eigenvalue weighted by Gasteiger charge is 2.40. The van der Waals surface area contributed by atoms with Crippen molar-refractivity contribution < 1.29 is 18.0 Å². The van der Waals surface area contributed by atoms with E-state index < -0.39 is 24.7 Å². The number of carbonyl (C=O) groups excluding carboxylic acids is 1. The van der Waals surface area contributed by atoms with Gasteiger partial charge >= 0.3 is 6.18 Å². The lowest BCUT2D eigenvalue weighted by Crippen LogP contribution is -2.45. The van der Waals surface area contributed by atoms with E-state index >= 15 is 0 Å². The van der Waals surface area contributed by atoms with E-state index in [1.807, 2.05) is 0 Å². The molecule has 1 aromatic rings. The number of hydrogen-bond donors (Lipinski definition) is 0. The molecule has 104 valence electrons. The van der Waals surface area contributed by atoms with Crippen molar-refractivity contribution in [3.8, 4) is 0 Å². The Kier molecular flexibility index (Phi) is 3.78. The molecule has 0 spiro atoms. The van der Waals surface area contributed by atoms with Crippen molar-refractivity contribution in [1.29, 1.82) is 0 Å². The number of rotatable bonds is 4. The second-order valence-electron chi connectivity index (χ2n) is 4.87. The lowest BCUT2D eigenvalue weighted by Gasteiger charge is -2.30. The first-order valence-corrected chi connectivity index (χ1v) is 6.16. The van der Waals surface area contributed by atoms with Crippen molar-refractivity contribution in [3.63, 3.8) is 0 Å². The molecular weight excluding hydrogens is 257 g/mol. The lowest BCUT2D eigenvalue weighted by molar-refractivity contribution is -0.144. The van der Waals surface area contributed by atoms with E-state index in [4.69, 9.17) is 0 Å². The van der Waals surface area contributed by atoms with Crippen LogP contribution in [0.25, 0.3) is 0 Å². The van der Waals surface area contributed by atoms with Gasteiger partial charge in [0.15, 0.2) is 0 Å². The van der Waals surface area contributed by atoms with Gasteiger partial charge in [0, 0.05) is 18.4 Å². The van der Waals surface area contributed by atoms with Gasteiger partial charge in [-0.2, -0.15) is 13.2 Å². The maximum Gasteiger partial charge on any atom is 0.406 e. The van der Waals surface area contributed by atoms with Gasteiger partial charge in [-0.15, -0.1) is 0 Å². The number of halogens is 3. The normalized spacial score (nSPS) is 17.1. The van der Waals surface area contributed by atoms with Crippen molar-refractivity contribution in [2.24, 2.45) is 5.92 Å². The van der Waals surface area contributed by atoms with Crippen LogP contribution in [-0.4, -0.2) is 34.6 Å². The van der Waals surface area contributed by atoms with Gasteiger partial charge in [0.2, 0.25) is 0 Å². The molecule has 1 aromatic heterocycles. The molecule has 1 aliphatic rings. The number of aromatic nitrogens is 1. The van der Waals surface area contributed by atoms with Crippen molar-refractivity contribution >= 4 is 5.91 Å². The second kappa shape index (κ2) is 5.19. The fraction of sp³-hybridized carbons (Fsp3) is 0.538.